The van der Waals surface area contributed by atoms with Crippen molar-refractivity contribution in [3.8, 4) is 0 Å². The summed E-state index contributed by atoms with van der Waals surface area (Å²) in [7, 11) is 0. The number of benzene rings is 1. The molecule has 0 aliphatic carbocycles. The van der Waals surface area contributed by atoms with Crippen LogP contribution in [-0.4, -0.2) is 12.3 Å². The third kappa shape index (κ3) is 3.20. The molecule has 2 rings (SSSR count). The number of rotatable bonds is 2. The van der Waals surface area contributed by atoms with E-state index in [-0.39, 0.29) is 6.42 Å². The molecule has 0 saturated carbocycles. The summed E-state index contributed by atoms with van der Waals surface area (Å²) in [6, 6.07) is 9.03. The van der Waals surface area contributed by atoms with Crippen LogP contribution in [0.1, 0.15) is 4.88 Å². The van der Waals surface area contributed by atoms with Gasteiger partial charge in [0.1, 0.15) is 0 Å². The molecule has 0 spiro atoms. The molecule has 17 heavy (non-hydrogen) atoms. The van der Waals surface area contributed by atoms with E-state index in [9.17, 15) is 18.0 Å². The maximum atomic E-state index is 11.8. The van der Waals surface area contributed by atoms with Gasteiger partial charge in [-0.3, -0.25) is 4.79 Å². The van der Waals surface area contributed by atoms with Crippen molar-refractivity contribution < 1.29 is 22.7 Å². The molecule has 2 nitrogen and oxygen atoms in total. The van der Waals surface area contributed by atoms with Gasteiger partial charge in [-0.15, -0.1) is 24.5 Å². The number of fused-ring (bicyclic) bond motifs is 1. The van der Waals surface area contributed by atoms with Gasteiger partial charge in [0.05, 0.1) is 6.42 Å². The maximum Gasteiger partial charge on any atom is 0.575 e. The average Bonchev–Trinajstić information content (AvgIpc) is 2.55. The van der Waals surface area contributed by atoms with Crippen molar-refractivity contribution in [3.05, 3.63) is 35.2 Å². The molecule has 1 aromatic carbocycles. The molecule has 0 aliphatic heterocycles. The van der Waals surface area contributed by atoms with Crippen molar-refractivity contribution in [2.75, 3.05) is 0 Å². The van der Waals surface area contributed by atoms with Gasteiger partial charge >= 0.3 is 12.3 Å². The van der Waals surface area contributed by atoms with E-state index in [4.69, 9.17) is 0 Å². The Balaban J connectivity index is 2.11. The number of esters is 1. The second-order valence-corrected chi connectivity index (χ2v) is 4.52. The van der Waals surface area contributed by atoms with Crippen LogP contribution in [0.15, 0.2) is 30.3 Å². The van der Waals surface area contributed by atoms with Crippen LogP contribution in [-0.2, 0) is 16.0 Å². The highest BCUT2D eigenvalue weighted by atomic mass is 32.1. The molecule has 0 atom stereocenters. The fourth-order valence-corrected chi connectivity index (χ4v) is 2.48. The third-order valence-electron chi connectivity index (χ3n) is 2.02. The van der Waals surface area contributed by atoms with E-state index in [2.05, 4.69) is 4.74 Å². The minimum Gasteiger partial charge on any atom is -0.373 e. The molecule has 6 heteroatoms. The van der Waals surface area contributed by atoms with Crippen molar-refractivity contribution in [1.29, 1.82) is 0 Å². The van der Waals surface area contributed by atoms with Crippen LogP contribution in [0.5, 0.6) is 0 Å². The Morgan fingerprint density at radius 2 is 2.00 bits per heavy atom. The molecular weight excluding hydrogens is 253 g/mol. The molecule has 0 radical (unpaired) electrons. The lowest BCUT2D eigenvalue weighted by Crippen LogP contribution is -2.20. The van der Waals surface area contributed by atoms with Gasteiger partial charge < -0.3 is 4.74 Å². The lowest BCUT2D eigenvalue weighted by molar-refractivity contribution is -0.305. The zero-order valence-corrected chi connectivity index (χ0v) is 9.27. The average molecular weight is 260 g/mol. The molecule has 0 unspecified atom stereocenters. The van der Waals surface area contributed by atoms with Crippen LogP contribution in [0.3, 0.4) is 0 Å². The minimum absolute atomic E-state index is 0.362. The molecule has 0 amide bonds. The summed E-state index contributed by atoms with van der Waals surface area (Å²) < 4.78 is 39.6. The van der Waals surface area contributed by atoms with E-state index in [0.29, 0.717) is 4.88 Å². The number of hydrogen-bond donors (Lipinski definition) is 0. The molecule has 2 aromatic rings. The monoisotopic (exact) mass is 260 g/mol. The van der Waals surface area contributed by atoms with Gasteiger partial charge in [0.25, 0.3) is 0 Å². The van der Waals surface area contributed by atoms with Crippen molar-refractivity contribution in [2.24, 2.45) is 0 Å². The predicted octanol–water partition coefficient (Wildman–Crippen LogP) is 3.51. The molecule has 0 bridgehead atoms. The highest BCUT2D eigenvalue weighted by Gasteiger charge is 2.33. The Bertz CT molecular complexity index is 512. The zero-order valence-electron chi connectivity index (χ0n) is 8.45. The Morgan fingerprint density at radius 1 is 1.29 bits per heavy atom. The predicted molar refractivity (Wildman–Crippen MR) is 57.7 cm³/mol. The van der Waals surface area contributed by atoms with Crippen LogP contribution in [0.4, 0.5) is 13.2 Å². The lowest BCUT2D eigenvalue weighted by atomic mass is 10.2. The van der Waals surface area contributed by atoms with E-state index in [1.165, 1.54) is 11.3 Å². The van der Waals surface area contributed by atoms with Gasteiger partial charge in [-0.2, -0.15) is 0 Å². The molecule has 0 saturated heterocycles. The zero-order chi connectivity index (χ0) is 12.5. The van der Waals surface area contributed by atoms with E-state index in [1.807, 2.05) is 24.3 Å². The second-order valence-electron chi connectivity index (χ2n) is 3.35. The number of ether oxygens (including phenoxy) is 1. The van der Waals surface area contributed by atoms with Gasteiger partial charge in [0.2, 0.25) is 0 Å². The fraction of sp³-hybridized carbons (Fsp3) is 0.182. The van der Waals surface area contributed by atoms with Crippen molar-refractivity contribution in [2.45, 2.75) is 12.8 Å². The van der Waals surface area contributed by atoms with Crippen LogP contribution < -0.4 is 0 Å². The first-order valence-electron chi connectivity index (χ1n) is 4.70. The largest absolute Gasteiger partial charge is 0.575 e. The smallest absolute Gasteiger partial charge is 0.373 e. The Hall–Kier alpha value is -1.56. The van der Waals surface area contributed by atoms with Crippen molar-refractivity contribution in [3.63, 3.8) is 0 Å². The minimum atomic E-state index is -4.91. The number of alkyl halides is 3. The van der Waals surface area contributed by atoms with Crippen LogP contribution in [0.2, 0.25) is 0 Å². The molecule has 1 heterocycles. The SMILES string of the molecule is O=C(Cc1cc2ccccc2s1)OC(F)(F)F. The quantitative estimate of drug-likeness (QED) is 0.772. The van der Waals surface area contributed by atoms with Gasteiger partial charge in [0.15, 0.2) is 0 Å². The molecular formula is C11H7F3O2S. The summed E-state index contributed by atoms with van der Waals surface area (Å²) in [5.74, 6) is -1.29. The van der Waals surface area contributed by atoms with Gasteiger partial charge in [0, 0.05) is 9.58 Å². The Kier molecular flexibility index (Phi) is 3.06. The van der Waals surface area contributed by atoms with Gasteiger partial charge in [-0.25, -0.2) is 0 Å². The van der Waals surface area contributed by atoms with Crippen LogP contribution in [0.25, 0.3) is 10.1 Å². The number of carbonyl (C=O) groups is 1. The highest BCUT2D eigenvalue weighted by molar-refractivity contribution is 7.19. The number of thiophene rings is 1. The van der Waals surface area contributed by atoms with Gasteiger partial charge in [-0.05, 0) is 17.5 Å². The summed E-state index contributed by atoms with van der Waals surface area (Å²) in [5.41, 5.74) is 0. The number of hydrogen-bond acceptors (Lipinski definition) is 3. The first kappa shape index (κ1) is 11.9. The number of carbonyl (C=O) groups excluding carboxylic acids is 1. The topological polar surface area (TPSA) is 26.3 Å². The van der Waals surface area contributed by atoms with Crippen LogP contribution in [0, 0.1) is 0 Å². The number of halogens is 3. The van der Waals surface area contributed by atoms with Crippen LogP contribution >= 0.6 is 11.3 Å². The molecule has 0 N–H and O–H groups in total. The first-order chi connectivity index (χ1) is 7.94. The van der Waals surface area contributed by atoms with E-state index >= 15 is 0 Å². The molecule has 0 fully saturated rings. The van der Waals surface area contributed by atoms with Crippen molar-refractivity contribution in [1.82, 2.24) is 0 Å². The molecule has 0 aliphatic rings. The summed E-state index contributed by atoms with van der Waals surface area (Å²) in [4.78, 5) is 11.5. The first-order valence-corrected chi connectivity index (χ1v) is 5.52. The van der Waals surface area contributed by atoms with E-state index in [1.54, 1.807) is 6.07 Å². The summed E-state index contributed by atoms with van der Waals surface area (Å²) in [5, 5.41) is 0.910. The third-order valence-corrected chi connectivity index (χ3v) is 3.14. The molecule has 1 aromatic heterocycles. The maximum absolute atomic E-state index is 11.8. The highest BCUT2D eigenvalue weighted by Crippen LogP contribution is 2.26. The second kappa shape index (κ2) is 4.37. The molecule has 90 valence electrons. The van der Waals surface area contributed by atoms with Gasteiger partial charge in [-0.1, -0.05) is 18.2 Å². The lowest BCUT2D eigenvalue weighted by Gasteiger charge is -2.05. The van der Waals surface area contributed by atoms with E-state index < -0.39 is 12.3 Å². The fourth-order valence-electron chi connectivity index (χ4n) is 1.43. The normalized spacial score (nSPS) is 11.7. The van der Waals surface area contributed by atoms with E-state index in [0.717, 1.165) is 10.1 Å². The standard InChI is InChI=1S/C11H7F3O2S/c12-11(13,14)16-10(15)6-8-5-7-3-1-2-4-9(7)17-8/h1-5H,6H2. The summed E-state index contributed by atoms with van der Waals surface area (Å²) in [6.45, 7) is 0. The Labute approximate surface area is 98.6 Å². The Morgan fingerprint density at radius 3 is 2.65 bits per heavy atom. The summed E-state index contributed by atoms with van der Waals surface area (Å²) in [6.07, 6.45) is -5.27. The van der Waals surface area contributed by atoms with Crippen molar-refractivity contribution >= 4 is 27.4 Å². The summed E-state index contributed by atoms with van der Waals surface area (Å²) >= 11 is 1.28.